The topological polar surface area (TPSA) is 55.6 Å². The van der Waals surface area contributed by atoms with E-state index in [1.165, 1.54) is 0 Å². The molecule has 0 radical (unpaired) electrons. The van der Waals surface area contributed by atoms with Crippen LogP contribution in [0.25, 0.3) is 0 Å². The Morgan fingerprint density at radius 1 is 1.56 bits per heavy atom. The summed E-state index contributed by atoms with van der Waals surface area (Å²) in [5.74, 6) is 0.485. The molecule has 1 heterocycles. The van der Waals surface area contributed by atoms with E-state index in [0.717, 1.165) is 25.9 Å². The molecule has 1 fully saturated rings. The average Bonchev–Trinajstić information content (AvgIpc) is 2.68. The lowest BCUT2D eigenvalue weighted by Crippen LogP contribution is -2.45. The number of rotatable bonds is 5. The first-order valence-electron chi connectivity index (χ1n) is 6.13. The van der Waals surface area contributed by atoms with Crippen LogP contribution in [0.15, 0.2) is 0 Å². The molecule has 1 aliphatic rings. The second kappa shape index (κ2) is 6.21. The van der Waals surface area contributed by atoms with Gasteiger partial charge >= 0.3 is 0 Å². The number of carbonyl (C=O) groups is 1. The van der Waals surface area contributed by atoms with Crippen LogP contribution in [0, 0.1) is 5.92 Å². The third-order valence-corrected chi connectivity index (χ3v) is 2.92. The SMILES string of the molecule is CC(C)CC(N)C(=O)N(C)CC1CCCO1. The van der Waals surface area contributed by atoms with Crippen molar-refractivity contribution in [1.82, 2.24) is 4.90 Å². The Kier molecular flexibility index (Phi) is 5.22. The van der Waals surface area contributed by atoms with Crippen molar-refractivity contribution in [3.05, 3.63) is 0 Å². The summed E-state index contributed by atoms with van der Waals surface area (Å²) in [6.07, 6.45) is 3.11. The van der Waals surface area contributed by atoms with Gasteiger partial charge in [-0.3, -0.25) is 4.79 Å². The average molecular weight is 228 g/mol. The van der Waals surface area contributed by atoms with Crippen LogP contribution in [0.1, 0.15) is 33.1 Å². The van der Waals surface area contributed by atoms with Gasteiger partial charge in [0.05, 0.1) is 12.1 Å². The van der Waals surface area contributed by atoms with Crippen LogP contribution in [-0.2, 0) is 9.53 Å². The monoisotopic (exact) mass is 228 g/mol. The van der Waals surface area contributed by atoms with Gasteiger partial charge in [0.15, 0.2) is 0 Å². The highest BCUT2D eigenvalue weighted by Crippen LogP contribution is 2.13. The summed E-state index contributed by atoms with van der Waals surface area (Å²) in [5, 5.41) is 0. The van der Waals surface area contributed by atoms with Crippen LogP contribution in [-0.4, -0.2) is 43.2 Å². The van der Waals surface area contributed by atoms with Gasteiger partial charge in [-0.1, -0.05) is 13.8 Å². The molecule has 2 atom stereocenters. The summed E-state index contributed by atoms with van der Waals surface area (Å²) < 4.78 is 5.50. The molecule has 16 heavy (non-hydrogen) atoms. The highest BCUT2D eigenvalue weighted by molar-refractivity contribution is 5.81. The molecule has 0 spiro atoms. The maximum Gasteiger partial charge on any atom is 0.239 e. The number of hydrogen-bond acceptors (Lipinski definition) is 3. The Morgan fingerprint density at radius 3 is 2.75 bits per heavy atom. The quantitative estimate of drug-likeness (QED) is 0.763. The van der Waals surface area contributed by atoms with E-state index in [-0.39, 0.29) is 18.1 Å². The predicted octanol–water partition coefficient (Wildman–Crippen LogP) is 0.997. The summed E-state index contributed by atoms with van der Waals surface area (Å²) in [4.78, 5) is 13.6. The van der Waals surface area contributed by atoms with E-state index in [1.54, 1.807) is 4.90 Å². The van der Waals surface area contributed by atoms with Gasteiger partial charge in [0.1, 0.15) is 0 Å². The molecule has 0 aromatic carbocycles. The molecule has 4 nitrogen and oxygen atoms in total. The number of carbonyl (C=O) groups excluding carboxylic acids is 1. The first-order chi connectivity index (χ1) is 7.50. The lowest BCUT2D eigenvalue weighted by molar-refractivity contribution is -0.133. The van der Waals surface area contributed by atoms with Crippen molar-refractivity contribution in [1.29, 1.82) is 0 Å². The van der Waals surface area contributed by atoms with Gasteiger partial charge in [-0.05, 0) is 25.2 Å². The summed E-state index contributed by atoms with van der Waals surface area (Å²) in [5.41, 5.74) is 5.86. The molecule has 0 saturated carbocycles. The molecule has 2 unspecified atom stereocenters. The Balaban J connectivity index is 2.33. The van der Waals surface area contributed by atoms with Crippen molar-refractivity contribution in [3.63, 3.8) is 0 Å². The molecular formula is C12H24N2O2. The van der Waals surface area contributed by atoms with E-state index < -0.39 is 0 Å². The fourth-order valence-corrected chi connectivity index (χ4v) is 2.08. The zero-order chi connectivity index (χ0) is 12.1. The van der Waals surface area contributed by atoms with Gasteiger partial charge in [0, 0.05) is 20.2 Å². The largest absolute Gasteiger partial charge is 0.376 e. The Bertz CT molecular complexity index is 225. The summed E-state index contributed by atoms with van der Waals surface area (Å²) >= 11 is 0. The third-order valence-electron chi connectivity index (χ3n) is 2.92. The summed E-state index contributed by atoms with van der Waals surface area (Å²) in [6, 6.07) is -0.369. The van der Waals surface area contributed by atoms with E-state index in [0.29, 0.717) is 12.5 Å². The molecule has 0 aromatic heterocycles. The van der Waals surface area contributed by atoms with Gasteiger partial charge in [0.25, 0.3) is 0 Å². The second-order valence-corrected chi connectivity index (χ2v) is 5.09. The van der Waals surface area contributed by atoms with Crippen molar-refractivity contribution < 1.29 is 9.53 Å². The molecule has 0 aliphatic carbocycles. The van der Waals surface area contributed by atoms with Crippen LogP contribution in [0.5, 0.6) is 0 Å². The molecule has 4 heteroatoms. The van der Waals surface area contributed by atoms with Crippen molar-refractivity contribution in [3.8, 4) is 0 Å². The maximum atomic E-state index is 11.9. The molecule has 2 N–H and O–H groups in total. The molecular weight excluding hydrogens is 204 g/mol. The lowest BCUT2D eigenvalue weighted by atomic mass is 10.0. The zero-order valence-corrected chi connectivity index (χ0v) is 10.6. The molecule has 1 rings (SSSR count). The van der Waals surface area contributed by atoms with Crippen LogP contribution in [0.3, 0.4) is 0 Å². The third kappa shape index (κ3) is 4.10. The van der Waals surface area contributed by atoms with Gasteiger partial charge in [0.2, 0.25) is 5.91 Å². The lowest BCUT2D eigenvalue weighted by Gasteiger charge is -2.24. The Hall–Kier alpha value is -0.610. The van der Waals surface area contributed by atoms with Crippen molar-refractivity contribution in [2.24, 2.45) is 11.7 Å². The molecule has 0 bridgehead atoms. The summed E-state index contributed by atoms with van der Waals surface area (Å²) in [7, 11) is 1.81. The van der Waals surface area contributed by atoms with Crippen molar-refractivity contribution >= 4 is 5.91 Å². The molecule has 1 saturated heterocycles. The molecule has 94 valence electrons. The van der Waals surface area contributed by atoms with Gasteiger partial charge in [-0.25, -0.2) is 0 Å². The molecule has 1 aliphatic heterocycles. The number of ether oxygens (including phenoxy) is 1. The van der Waals surface area contributed by atoms with Gasteiger partial charge in [-0.15, -0.1) is 0 Å². The van der Waals surface area contributed by atoms with E-state index in [1.807, 2.05) is 7.05 Å². The number of nitrogens with two attached hydrogens (primary N) is 1. The minimum Gasteiger partial charge on any atom is -0.376 e. The van der Waals surface area contributed by atoms with Gasteiger partial charge < -0.3 is 15.4 Å². The maximum absolute atomic E-state index is 11.9. The fraction of sp³-hybridized carbons (Fsp3) is 0.917. The Labute approximate surface area is 98.1 Å². The number of nitrogens with zero attached hydrogens (tertiary/aromatic N) is 1. The first kappa shape index (κ1) is 13.5. The fourth-order valence-electron chi connectivity index (χ4n) is 2.08. The zero-order valence-electron chi connectivity index (χ0n) is 10.6. The highest BCUT2D eigenvalue weighted by Gasteiger charge is 2.23. The van der Waals surface area contributed by atoms with E-state index in [9.17, 15) is 4.79 Å². The van der Waals surface area contributed by atoms with Crippen LogP contribution < -0.4 is 5.73 Å². The molecule has 1 amide bonds. The van der Waals surface area contributed by atoms with Crippen LogP contribution >= 0.6 is 0 Å². The van der Waals surface area contributed by atoms with Gasteiger partial charge in [-0.2, -0.15) is 0 Å². The second-order valence-electron chi connectivity index (χ2n) is 5.09. The number of hydrogen-bond donors (Lipinski definition) is 1. The van der Waals surface area contributed by atoms with Crippen molar-refractivity contribution in [2.75, 3.05) is 20.2 Å². The number of amides is 1. The predicted molar refractivity (Wildman–Crippen MR) is 64.0 cm³/mol. The van der Waals surface area contributed by atoms with Crippen molar-refractivity contribution in [2.45, 2.75) is 45.3 Å². The standard InChI is InChI=1S/C12H24N2O2/c1-9(2)7-11(13)12(15)14(3)8-10-5-4-6-16-10/h9-11H,4-8,13H2,1-3H3. The highest BCUT2D eigenvalue weighted by atomic mass is 16.5. The van der Waals surface area contributed by atoms with Crippen LogP contribution in [0.4, 0.5) is 0 Å². The first-order valence-corrected chi connectivity index (χ1v) is 6.13. The van der Waals surface area contributed by atoms with Crippen LogP contribution in [0.2, 0.25) is 0 Å². The molecule has 0 aromatic rings. The van der Waals surface area contributed by atoms with E-state index >= 15 is 0 Å². The summed E-state index contributed by atoms with van der Waals surface area (Å²) in [6.45, 7) is 5.65. The smallest absolute Gasteiger partial charge is 0.239 e. The Morgan fingerprint density at radius 2 is 2.25 bits per heavy atom. The minimum absolute atomic E-state index is 0.0317. The normalized spacial score (nSPS) is 22.4. The van der Waals surface area contributed by atoms with E-state index in [2.05, 4.69) is 13.8 Å². The van der Waals surface area contributed by atoms with E-state index in [4.69, 9.17) is 10.5 Å². The minimum atomic E-state index is -0.369. The number of likely N-dealkylation sites (N-methyl/N-ethyl adjacent to an activating group) is 1.